The maximum Gasteiger partial charge on any atom is 0.172 e. The quantitative estimate of drug-likeness (QED) is 0.198. The van der Waals surface area contributed by atoms with Crippen molar-refractivity contribution in [2.75, 3.05) is 45.9 Å². The summed E-state index contributed by atoms with van der Waals surface area (Å²) in [6, 6.07) is 17.8. The van der Waals surface area contributed by atoms with E-state index in [1.165, 1.54) is 30.4 Å². The fraction of sp³-hybridized carbons (Fsp3) is 0.632. The van der Waals surface area contributed by atoms with E-state index in [2.05, 4.69) is 89.0 Å². The summed E-state index contributed by atoms with van der Waals surface area (Å²) in [5.74, 6) is 2.45. The van der Waals surface area contributed by atoms with Gasteiger partial charge in [0.05, 0.1) is 12.6 Å². The summed E-state index contributed by atoms with van der Waals surface area (Å²) in [5.41, 5.74) is 2.52. The highest BCUT2D eigenvalue weighted by Crippen LogP contribution is 2.29. The molecule has 0 aliphatic carbocycles. The van der Waals surface area contributed by atoms with Gasteiger partial charge in [0.2, 0.25) is 0 Å². The third-order valence-corrected chi connectivity index (χ3v) is 10.9. The van der Waals surface area contributed by atoms with Crippen LogP contribution in [-0.2, 0) is 12.8 Å². The van der Waals surface area contributed by atoms with Crippen LogP contribution in [0.4, 0.5) is 0 Å². The fourth-order valence-electron chi connectivity index (χ4n) is 7.81. The highest BCUT2D eigenvalue weighted by molar-refractivity contribution is 7.80. The lowest BCUT2D eigenvalue weighted by atomic mass is 10.0. The number of rotatable bonds is 16. The van der Waals surface area contributed by atoms with Gasteiger partial charge in [0.15, 0.2) is 10.2 Å². The number of ether oxygens (including phenoxy) is 1. The third-order valence-electron chi connectivity index (χ3n) is 10.1. The molecule has 9 heteroatoms. The fourth-order valence-corrected chi connectivity index (χ4v) is 8.58. The lowest BCUT2D eigenvalue weighted by Gasteiger charge is -2.38. The van der Waals surface area contributed by atoms with Crippen molar-refractivity contribution in [2.45, 2.75) is 97.3 Å². The maximum atomic E-state index is 9.92. The van der Waals surface area contributed by atoms with Gasteiger partial charge in [0.1, 0.15) is 11.5 Å². The van der Waals surface area contributed by atoms with Crippen molar-refractivity contribution in [3.63, 3.8) is 0 Å². The number of thiocarbonyl (C=S) groups is 2. The molecule has 0 saturated carbocycles. The molecule has 47 heavy (non-hydrogen) atoms. The second kappa shape index (κ2) is 16.7. The standard InChI is InChI=1S/C38H57N5O2S2/c1-6-45-36-15-11-29(12-16-36)17-19-41-34(22-30-9-13-35(44)14-10-30)26-43(38(41)47)33(21-28(4)5)24-40-18-7-8-31(40)25-42-32(20-27(2)3)23-39-37(42)46/h9-16,27-28,31-34,44H,6-8,17-26H2,1-5H3,(H,39,46)/t31?,32-,33-,34-/m0/s1. The molecule has 5 rings (SSSR count). The topological polar surface area (TPSA) is 54.5 Å². The van der Waals surface area contributed by atoms with Crippen LogP contribution in [-0.4, -0.2) is 105 Å². The highest BCUT2D eigenvalue weighted by atomic mass is 32.1. The van der Waals surface area contributed by atoms with Gasteiger partial charge in [-0.05, 0) is 124 Å². The lowest BCUT2D eigenvalue weighted by Crippen LogP contribution is -2.51. The summed E-state index contributed by atoms with van der Waals surface area (Å²) in [7, 11) is 0. The number of nitrogens with zero attached hydrogens (tertiary/aromatic N) is 4. The Morgan fingerprint density at radius 1 is 0.915 bits per heavy atom. The second-order valence-corrected chi connectivity index (χ2v) is 15.4. The molecule has 0 aromatic heterocycles. The average Bonchev–Trinajstić information content (AvgIpc) is 3.71. The Morgan fingerprint density at radius 3 is 2.32 bits per heavy atom. The number of nitrogens with one attached hydrogen (secondary N) is 1. The van der Waals surface area contributed by atoms with E-state index in [9.17, 15) is 5.11 Å². The van der Waals surface area contributed by atoms with E-state index in [4.69, 9.17) is 29.2 Å². The Labute approximate surface area is 294 Å². The molecular weight excluding hydrogens is 623 g/mol. The normalized spacial score (nSPS) is 22.6. The summed E-state index contributed by atoms with van der Waals surface area (Å²) in [4.78, 5) is 10.3. The van der Waals surface area contributed by atoms with E-state index < -0.39 is 0 Å². The first-order valence-corrected chi connectivity index (χ1v) is 18.8. The van der Waals surface area contributed by atoms with E-state index in [1.807, 2.05) is 6.92 Å². The number of phenols is 1. The number of hydrogen-bond acceptors (Lipinski definition) is 5. The van der Waals surface area contributed by atoms with Gasteiger partial charge < -0.3 is 29.9 Å². The Hall–Kier alpha value is -2.62. The minimum absolute atomic E-state index is 0.281. The SMILES string of the molecule is CCOc1ccc(CCN2C(=S)N([C@@H](CC(C)C)CN3CCCC3CN3C(=S)NC[C@@H]3CC(C)C)C[C@@H]2Cc2ccc(O)cc2)cc1. The highest BCUT2D eigenvalue weighted by Gasteiger charge is 2.40. The van der Waals surface area contributed by atoms with Gasteiger partial charge >= 0.3 is 0 Å². The number of aromatic hydroxyl groups is 1. The predicted molar refractivity (Wildman–Crippen MR) is 201 cm³/mol. The summed E-state index contributed by atoms with van der Waals surface area (Å²) in [5, 5.41) is 15.3. The number of likely N-dealkylation sites (tertiary alicyclic amines) is 1. The molecule has 0 amide bonds. The van der Waals surface area contributed by atoms with Crippen LogP contribution in [0, 0.1) is 11.8 Å². The van der Waals surface area contributed by atoms with Crippen molar-refractivity contribution in [1.82, 2.24) is 24.9 Å². The zero-order valence-corrected chi connectivity index (χ0v) is 30.9. The second-order valence-electron chi connectivity index (χ2n) is 14.7. The number of benzene rings is 2. The molecule has 3 saturated heterocycles. The summed E-state index contributed by atoms with van der Waals surface area (Å²) in [6.45, 7) is 18.0. The molecule has 2 N–H and O–H groups in total. The first kappa shape index (κ1) is 35.7. The van der Waals surface area contributed by atoms with Crippen LogP contribution in [0.2, 0.25) is 0 Å². The maximum absolute atomic E-state index is 9.92. The van der Waals surface area contributed by atoms with E-state index in [0.29, 0.717) is 42.3 Å². The lowest BCUT2D eigenvalue weighted by molar-refractivity contribution is 0.147. The summed E-state index contributed by atoms with van der Waals surface area (Å²) in [6.07, 6.45) is 6.58. The molecule has 3 aliphatic heterocycles. The zero-order chi connectivity index (χ0) is 33.5. The average molecular weight is 680 g/mol. The molecule has 2 aromatic carbocycles. The molecule has 2 aromatic rings. The van der Waals surface area contributed by atoms with Crippen LogP contribution in [0.1, 0.15) is 71.4 Å². The molecule has 3 heterocycles. The van der Waals surface area contributed by atoms with Crippen molar-refractivity contribution < 1.29 is 9.84 Å². The molecule has 3 fully saturated rings. The monoisotopic (exact) mass is 679 g/mol. The van der Waals surface area contributed by atoms with Crippen molar-refractivity contribution in [2.24, 2.45) is 11.8 Å². The smallest absolute Gasteiger partial charge is 0.172 e. The van der Waals surface area contributed by atoms with Crippen LogP contribution < -0.4 is 10.1 Å². The molecule has 3 aliphatic rings. The van der Waals surface area contributed by atoms with Gasteiger partial charge in [-0.1, -0.05) is 52.0 Å². The van der Waals surface area contributed by atoms with Gasteiger partial charge in [0, 0.05) is 50.8 Å². The van der Waals surface area contributed by atoms with Crippen LogP contribution in [0.5, 0.6) is 11.5 Å². The van der Waals surface area contributed by atoms with E-state index in [1.54, 1.807) is 12.1 Å². The van der Waals surface area contributed by atoms with Gasteiger partial charge in [-0.15, -0.1) is 0 Å². The van der Waals surface area contributed by atoms with Crippen LogP contribution >= 0.6 is 24.4 Å². The number of phenolic OH excluding ortho intramolecular Hbond substituents is 1. The molecule has 7 nitrogen and oxygen atoms in total. The Balaban J connectivity index is 1.31. The van der Waals surface area contributed by atoms with E-state index in [0.717, 1.165) is 74.5 Å². The summed E-state index contributed by atoms with van der Waals surface area (Å²) >= 11 is 12.2. The van der Waals surface area contributed by atoms with Crippen LogP contribution in [0.25, 0.3) is 0 Å². The minimum atomic E-state index is 0.281. The minimum Gasteiger partial charge on any atom is -0.508 e. The van der Waals surface area contributed by atoms with Crippen molar-refractivity contribution in [1.29, 1.82) is 0 Å². The number of hydrogen-bond donors (Lipinski definition) is 2. The molecule has 0 spiro atoms. The first-order valence-electron chi connectivity index (χ1n) is 18.0. The van der Waals surface area contributed by atoms with Gasteiger partial charge in [0.25, 0.3) is 0 Å². The van der Waals surface area contributed by atoms with E-state index >= 15 is 0 Å². The van der Waals surface area contributed by atoms with E-state index in [-0.39, 0.29) is 6.04 Å². The molecular formula is C38H57N5O2S2. The molecule has 0 bridgehead atoms. The molecule has 4 atom stereocenters. The Morgan fingerprint density at radius 2 is 1.64 bits per heavy atom. The zero-order valence-electron chi connectivity index (χ0n) is 29.2. The van der Waals surface area contributed by atoms with Gasteiger partial charge in [-0.2, -0.15) is 0 Å². The van der Waals surface area contributed by atoms with Crippen molar-refractivity contribution >= 4 is 34.7 Å². The predicted octanol–water partition coefficient (Wildman–Crippen LogP) is 6.33. The summed E-state index contributed by atoms with van der Waals surface area (Å²) < 4.78 is 5.67. The largest absolute Gasteiger partial charge is 0.508 e. The first-order chi connectivity index (χ1) is 22.6. The Kier molecular flexibility index (Phi) is 12.6. The molecule has 1 unspecified atom stereocenters. The van der Waals surface area contributed by atoms with Crippen molar-refractivity contribution in [3.8, 4) is 11.5 Å². The molecule has 258 valence electrons. The Bertz CT molecular complexity index is 1300. The van der Waals surface area contributed by atoms with Gasteiger partial charge in [-0.25, -0.2) is 0 Å². The van der Waals surface area contributed by atoms with Crippen molar-refractivity contribution in [3.05, 3.63) is 59.7 Å². The van der Waals surface area contributed by atoms with Gasteiger partial charge in [-0.3, -0.25) is 4.90 Å². The van der Waals surface area contributed by atoms with Crippen LogP contribution in [0.3, 0.4) is 0 Å². The van der Waals surface area contributed by atoms with Crippen LogP contribution in [0.15, 0.2) is 48.5 Å². The third kappa shape index (κ3) is 9.51. The molecule has 0 radical (unpaired) electrons.